The maximum atomic E-state index is 12.1. The number of esters is 1. The third-order valence-electron chi connectivity index (χ3n) is 4.05. The molecular formula is C19H21N3O4S2. The molecule has 1 saturated heterocycles. The number of aromatic nitrogens is 2. The molecular weight excluding hydrogens is 398 g/mol. The standard InChI is InChI=1S/C19H21N3O4S2/c1-25-15-6-3-5-14(11-15)21-9-7-20-19(21)27-10-4-8-22-16(23)13-28-17(22)12-18(24)26-2/h3,5-7,9,11-12H,4,8,10,13H2,1-2H3. The molecule has 148 valence electrons. The number of methoxy groups -OCH3 is 2. The Hall–Kier alpha value is -2.39. The van der Waals surface area contributed by atoms with Gasteiger partial charge in [-0.3, -0.25) is 9.36 Å². The Morgan fingerprint density at radius 1 is 1.39 bits per heavy atom. The van der Waals surface area contributed by atoms with E-state index in [9.17, 15) is 9.59 Å². The van der Waals surface area contributed by atoms with Crippen molar-refractivity contribution in [3.63, 3.8) is 0 Å². The smallest absolute Gasteiger partial charge is 0.333 e. The first-order valence-electron chi connectivity index (χ1n) is 8.65. The summed E-state index contributed by atoms with van der Waals surface area (Å²) in [6, 6.07) is 7.79. The van der Waals surface area contributed by atoms with E-state index >= 15 is 0 Å². The molecule has 1 aromatic carbocycles. The second-order valence-electron chi connectivity index (χ2n) is 5.82. The van der Waals surface area contributed by atoms with Crippen LogP contribution in [0.4, 0.5) is 0 Å². The molecule has 0 unspecified atom stereocenters. The topological polar surface area (TPSA) is 73.7 Å². The molecule has 0 spiro atoms. The molecule has 1 aromatic heterocycles. The summed E-state index contributed by atoms with van der Waals surface area (Å²) in [6.07, 6.45) is 5.83. The number of carbonyl (C=O) groups is 2. The molecule has 9 heteroatoms. The molecule has 1 fully saturated rings. The number of amides is 1. The number of thioether (sulfide) groups is 2. The predicted molar refractivity (Wildman–Crippen MR) is 110 cm³/mol. The SMILES string of the molecule is COC(=O)C=C1SCC(=O)N1CCCSc1nccn1-c1cccc(OC)c1. The highest BCUT2D eigenvalue weighted by atomic mass is 32.2. The van der Waals surface area contributed by atoms with Gasteiger partial charge in [0.1, 0.15) is 5.75 Å². The highest BCUT2D eigenvalue weighted by molar-refractivity contribution is 8.04. The van der Waals surface area contributed by atoms with Crippen LogP contribution in [0.2, 0.25) is 0 Å². The van der Waals surface area contributed by atoms with Gasteiger partial charge in [0.2, 0.25) is 5.91 Å². The van der Waals surface area contributed by atoms with Crippen molar-refractivity contribution in [2.45, 2.75) is 11.6 Å². The Morgan fingerprint density at radius 2 is 2.25 bits per heavy atom. The lowest BCUT2D eigenvalue weighted by Crippen LogP contribution is -2.26. The second kappa shape index (κ2) is 9.70. The van der Waals surface area contributed by atoms with E-state index in [1.807, 2.05) is 35.0 Å². The summed E-state index contributed by atoms with van der Waals surface area (Å²) in [6.45, 7) is 0.557. The van der Waals surface area contributed by atoms with Crippen LogP contribution in [0, 0.1) is 0 Å². The van der Waals surface area contributed by atoms with Gasteiger partial charge in [-0.25, -0.2) is 9.78 Å². The summed E-state index contributed by atoms with van der Waals surface area (Å²) in [7, 11) is 2.97. The molecule has 2 heterocycles. The van der Waals surface area contributed by atoms with E-state index in [1.165, 1.54) is 24.9 Å². The first kappa shape index (κ1) is 20.3. The van der Waals surface area contributed by atoms with E-state index < -0.39 is 5.97 Å². The van der Waals surface area contributed by atoms with Crippen LogP contribution < -0.4 is 4.74 Å². The molecule has 0 bridgehead atoms. The molecule has 28 heavy (non-hydrogen) atoms. The van der Waals surface area contributed by atoms with Crippen LogP contribution in [0.3, 0.4) is 0 Å². The van der Waals surface area contributed by atoms with Gasteiger partial charge in [0.05, 0.1) is 36.8 Å². The zero-order valence-electron chi connectivity index (χ0n) is 15.7. The highest BCUT2D eigenvalue weighted by Crippen LogP contribution is 2.29. The Morgan fingerprint density at radius 3 is 3.04 bits per heavy atom. The molecule has 3 rings (SSSR count). The van der Waals surface area contributed by atoms with Crippen LogP contribution in [0.5, 0.6) is 5.75 Å². The Kier molecular flexibility index (Phi) is 7.05. The number of imidazole rings is 1. The summed E-state index contributed by atoms with van der Waals surface area (Å²) < 4.78 is 11.9. The zero-order chi connectivity index (χ0) is 19.9. The molecule has 0 saturated carbocycles. The molecule has 1 aliphatic rings. The summed E-state index contributed by atoms with van der Waals surface area (Å²) in [5.41, 5.74) is 0.980. The van der Waals surface area contributed by atoms with Crippen molar-refractivity contribution in [1.29, 1.82) is 0 Å². The van der Waals surface area contributed by atoms with Crippen molar-refractivity contribution >= 4 is 35.4 Å². The third-order valence-corrected chi connectivity index (χ3v) is 6.13. The number of hydrogen-bond donors (Lipinski definition) is 0. The molecule has 0 aliphatic carbocycles. The number of carbonyl (C=O) groups excluding carboxylic acids is 2. The van der Waals surface area contributed by atoms with E-state index in [4.69, 9.17) is 4.74 Å². The number of rotatable bonds is 8. The maximum absolute atomic E-state index is 12.1. The predicted octanol–water partition coefficient (Wildman–Crippen LogP) is 2.95. The van der Waals surface area contributed by atoms with Crippen molar-refractivity contribution in [2.75, 3.05) is 32.3 Å². The van der Waals surface area contributed by atoms with Crippen LogP contribution >= 0.6 is 23.5 Å². The van der Waals surface area contributed by atoms with Gasteiger partial charge in [0.15, 0.2) is 5.16 Å². The fourth-order valence-electron chi connectivity index (χ4n) is 2.67. The molecule has 2 aromatic rings. The minimum atomic E-state index is -0.447. The van der Waals surface area contributed by atoms with Crippen molar-refractivity contribution < 1.29 is 19.1 Å². The van der Waals surface area contributed by atoms with Gasteiger partial charge in [-0.1, -0.05) is 29.6 Å². The lowest BCUT2D eigenvalue weighted by Gasteiger charge is -2.16. The largest absolute Gasteiger partial charge is 0.497 e. The van der Waals surface area contributed by atoms with Crippen LogP contribution in [-0.4, -0.2) is 58.6 Å². The quantitative estimate of drug-likeness (QED) is 0.282. The third kappa shape index (κ3) is 4.90. The van der Waals surface area contributed by atoms with Gasteiger partial charge in [-0.05, 0) is 18.6 Å². The van der Waals surface area contributed by atoms with Crippen molar-refractivity contribution in [3.05, 3.63) is 47.8 Å². The summed E-state index contributed by atoms with van der Waals surface area (Å²) in [5.74, 6) is 1.51. The first-order valence-corrected chi connectivity index (χ1v) is 10.6. The Balaban J connectivity index is 1.57. The number of hydrogen-bond acceptors (Lipinski definition) is 7. The lowest BCUT2D eigenvalue weighted by atomic mass is 10.3. The number of nitrogens with zero attached hydrogens (tertiary/aromatic N) is 3. The van der Waals surface area contributed by atoms with Crippen LogP contribution in [-0.2, 0) is 14.3 Å². The van der Waals surface area contributed by atoms with Gasteiger partial charge < -0.3 is 14.4 Å². The lowest BCUT2D eigenvalue weighted by molar-refractivity contribution is -0.134. The van der Waals surface area contributed by atoms with Crippen LogP contribution in [0.25, 0.3) is 5.69 Å². The van der Waals surface area contributed by atoms with Gasteiger partial charge in [0.25, 0.3) is 0 Å². The number of benzene rings is 1. The van der Waals surface area contributed by atoms with Crippen molar-refractivity contribution in [1.82, 2.24) is 14.5 Å². The summed E-state index contributed by atoms with van der Waals surface area (Å²) >= 11 is 2.98. The molecule has 7 nitrogen and oxygen atoms in total. The average Bonchev–Trinajstić information content (AvgIpc) is 3.32. The normalized spacial score (nSPS) is 15.3. The summed E-state index contributed by atoms with van der Waals surface area (Å²) in [5, 5.41) is 1.53. The van der Waals surface area contributed by atoms with Crippen molar-refractivity contribution in [3.8, 4) is 11.4 Å². The molecule has 1 aliphatic heterocycles. The maximum Gasteiger partial charge on any atom is 0.333 e. The van der Waals surface area contributed by atoms with Gasteiger partial charge in [0, 0.05) is 30.8 Å². The van der Waals surface area contributed by atoms with E-state index in [2.05, 4.69) is 9.72 Å². The average molecular weight is 420 g/mol. The second-order valence-corrected chi connectivity index (χ2v) is 7.88. The highest BCUT2D eigenvalue weighted by Gasteiger charge is 2.26. The minimum absolute atomic E-state index is 0.0167. The fourth-order valence-corrected chi connectivity index (χ4v) is 4.52. The Labute approximate surface area is 172 Å². The van der Waals surface area contributed by atoms with Crippen molar-refractivity contribution in [2.24, 2.45) is 0 Å². The molecule has 0 atom stereocenters. The zero-order valence-corrected chi connectivity index (χ0v) is 17.3. The van der Waals surface area contributed by atoms with Crippen LogP contribution in [0.1, 0.15) is 6.42 Å². The molecule has 1 amide bonds. The minimum Gasteiger partial charge on any atom is -0.497 e. The van der Waals surface area contributed by atoms with E-state index in [0.29, 0.717) is 17.3 Å². The monoisotopic (exact) mass is 419 g/mol. The Bertz CT molecular complexity index is 882. The summed E-state index contributed by atoms with van der Waals surface area (Å²) in [4.78, 5) is 29.6. The van der Waals surface area contributed by atoms with Gasteiger partial charge in [-0.15, -0.1) is 0 Å². The molecule has 0 radical (unpaired) electrons. The van der Waals surface area contributed by atoms with Gasteiger partial charge >= 0.3 is 5.97 Å². The van der Waals surface area contributed by atoms with E-state index in [-0.39, 0.29) is 5.91 Å². The van der Waals surface area contributed by atoms with Gasteiger partial charge in [-0.2, -0.15) is 0 Å². The van der Waals surface area contributed by atoms with Crippen LogP contribution in [0.15, 0.2) is 52.9 Å². The van der Waals surface area contributed by atoms with E-state index in [1.54, 1.807) is 30.0 Å². The number of ether oxygens (including phenoxy) is 2. The van der Waals surface area contributed by atoms with E-state index in [0.717, 1.165) is 28.8 Å². The first-order chi connectivity index (χ1) is 13.6. The molecule has 0 N–H and O–H groups in total. The fraction of sp³-hybridized carbons (Fsp3) is 0.316.